The molecule has 0 aromatic heterocycles. The van der Waals surface area contributed by atoms with Crippen molar-refractivity contribution >= 4 is 16.7 Å². The number of nitrogens with zero attached hydrogens (tertiary/aromatic N) is 1. The highest BCUT2D eigenvalue weighted by molar-refractivity contribution is 5.98. The van der Waals surface area contributed by atoms with Crippen LogP contribution >= 0.6 is 0 Å². The monoisotopic (exact) mass is 266 g/mol. The van der Waals surface area contributed by atoms with Crippen LogP contribution in [0.4, 0.5) is 0 Å². The third-order valence-corrected chi connectivity index (χ3v) is 2.87. The molecule has 102 valence electrons. The highest BCUT2D eigenvalue weighted by atomic mass is 16.1. The Bertz CT molecular complexity index is 665. The van der Waals surface area contributed by atoms with Gasteiger partial charge in [-0.05, 0) is 37.0 Å². The van der Waals surface area contributed by atoms with Crippen LogP contribution in [-0.2, 0) is 0 Å². The van der Waals surface area contributed by atoms with Crippen molar-refractivity contribution in [2.75, 3.05) is 27.2 Å². The molecule has 1 amide bonds. The van der Waals surface area contributed by atoms with Gasteiger partial charge in [0.1, 0.15) is 0 Å². The molecule has 0 aliphatic rings. The maximum Gasteiger partial charge on any atom is 0.252 e. The smallest absolute Gasteiger partial charge is 0.252 e. The summed E-state index contributed by atoms with van der Waals surface area (Å²) < 4.78 is 0. The van der Waals surface area contributed by atoms with Crippen molar-refractivity contribution in [3.63, 3.8) is 0 Å². The SMILES string of the molecule is CN(C)CC#CCNC(=O)c1ccc2ccccc2c1. The van der Waals surface area contributed by atoms with Crippen molar-refractivity contribution in [2.45, 2.75) is 0 Å². The van der Waals surface area contributed by atoms with E-state index in [-0.39, 0.29) is 5.91 Å². The van der Waals surface area contributed by atoms with Gasteiger partial charge in [-0.3, -0.25) is 9.69 Å². The lowest BCUT2D eigenvalue weighted by atomic mass is 10.1. The Hall–Kier alpha value is -2.31. The van der Waals surface area contributed by atoms with Crippen LogP contribution in [0.25, 0.3) is 10.8 Å². The summed E-state index contributed by atoms with van der Waals surface area (Å²) in [6, 6.07) is 13.7. The third-order valence-electron chi connectivity index (χ3n) is 2.87. The number of carbonyl (C=O) groups excluding carboxylic acids is 1. The zero-order valence-corrected chi connectivity index (χ0v) is 11.8. The van der Waals surface area contributed by atoms with Crippen LogP contribution in [0.5, 0.6) is 0 Å². The van der Waals surface area contributed by atoms with Gasteiger partial charge in [-0.1, -0.05) is 42.2 Å². The van der Waals surface area contributed by atoms with E-state index in [0.29, 0.717) is 18.7 Å². The van der Waals surface area contributed by atoms with E-state index in [1.807, 2.05) is 61.5 Å². The van der Waals surface area contributed by atoms with Crippen molar-refractivity contribution in [1.82, 2.24) is 10.2 Å². The summed E-state index contributed by atoms with van der Waals surface area (Å²) in [7, 11) is 3.92. The van der Waals surface area contributed by atoms with E-state index in [2.05, 4.69) is 17.2 Å². The third kappa shape index (κ3) is 3.84. The number of hydrogen-bond donors (Lipinski definition) is 1. The van der Waals surface area contributed by atoms with Crippen LogP contribution in [0.2, 0.25) is 0 Å². The topological polar surface area (TPSA) is 32.3 Å². The van der Waals surface area contributed by atoms with Crippen molar-refractivity contribution in [1.29, 1.82) is 0 Å². The van der Waals surface area contributed by atoms with Gasteiger partial charge in [0.25, 0.3) is 5.91 Å². The molecule has 0 aliphatic heterocycles. The van der Waals surface area contributed by atoms with Crippen molar-refractivity contribution in [3.05, 3.63) is 48.0 Å². The molecule has 0 saturated carbocycles. The van der Waals surface area contributed by atoms with Crippen molar-refractivity contribution in [3.8, 4) is 11.8 Å². The number of amides is 1. The largest absolute Gasteiger partial charge is 0.341 e. The molecule has 20 heavy (non-hydrogen) atoms. The van der Waals surface area contributed by atoms with Crippen molar-refractivity contribution in [2.24, 2.45) is 0 Å². The molecule has 0 spiro atoms. The Morgan fingerprint density at radius 2 is 1.85 bits per heavy atom. The molecule has 3 heteroatoms. The second-order valence-electron chi connectivity index (χ2n) is 4.84. The molecule has 0 unspecified atom stereocenters. The Morgan fingerprint density at radius 3 is 2.60 bits per heavy atom. The molecule has 2 rings (SSSR count). The molecule has 0 heterocycles. The quantitative estimate of drug-likeness (QED) is 0.863. The van der Waals surface area contributed by atoms with Gasteiger partial charge in [0.2, 0.25) is 0 Å². The fourth-order valence-corrected chi connectivity index (χ4v) is 1.83. The average molecular weight is 266 g/mol. The first kappa shape index (κ1) is 14.1. The lowest BCUT2D eigenvalue weighted by Crippen LogP contribution is -2.23. The Kier molecular flexibility index (Phi) is 4.75. The standard InChI is InChI=1S/C17H18N2O/c1-19(2)12-6-5-11-18-17(20)16-10-9-14-7-3-4-8-15(14)13-16/h3-4,7-10,13H,11-12H2,1-2H3,(H,18,20). The zero-order chi connectivity index (χ0) is 14.4. The first-order valence-electron chi connectivity index (χ1n) is 6.54. The van der Waals surface area contributed by atoms with Gasteiger partial charge < -0.3 is 5.32 Å². The molecule has 2 aromatic carbocycles. The zero-order valence-electron chi connectivity index (χ0n) is 11.8. The Morgan fingerprint density at radius 1 is 1.10 bits per heavy atom. The number of benzene rings is 2. The maximum absolute atomic E-state index is 12.0. The normalized spacial score (nSPS) is 10.2. The molecule has 0 radical (unpaired) electrons. The van der Waals surface area contributed by atoms with Crippen LogP contribution in [0.1, 0.15) is 10.4 Å². The second kappa shape index (κ2) is 6.74. The molecular weight excluding hydrogens is 248 g/mol. The second-order valence-corrected chi connectivity index (χ2v) is 4.84. The van der Waals surface area contributed by atoms with Gasteiger partial charge in [0, 0.05) is 5.56 Å². The van der Waals surface area contributed by atoms with E-state index >= 15 is 0 Å². The van der Waals surface area contributed by atoms with E-state index in [1.54, 1.807) is 0 Å². The van der Waals surface area contributed by atoms with Crippen LogP contribution in [0.3, 0.4) is 0 Å². The van der Waals surface area contributed by atoms with Gasteiger partial charge >= 0.3 is 0 Å². The number of fused-ring (bicyclic) bond motifs is 1. The minimum absolute atomic E-state index is 0.0880. The van der Waals surface area contributed by atoms with Gasteiger partial charge in [-0.25, -0.2) is 0 Å². The molecule has 2 aromatic rings. The van der Waals surface area contributed by atoms with Crippen LogP contribution in [-0.4, -0.2) is 38.0 Å². The summed E-state index contributed by atoms with van der Waals surface area (Å²) in [6.07, 6.45) is 0. The predicted octanol–water partition coefficient (Wildman–Crippen LogP) is 2.13. The van der Waals surface area contributed by atoms with Gasteiger partial charge in [-0.15, -0.1) is 0 Å². The highest BCUT2D eigenvalue weighted by Crippen LogP contribution is 2.15. The van der Waals surface area contributed by atoms with Crippen LogP contribution in [0, 0.1) is 11.8 Å². The summed E-state index contributed by atoms with van der Waals surface area (Å²) in [5.41, 5.74) is 0.665. The summed E-state index contributed by atoms with van der Waals surface area (Å²) >= 11 is 0. The lowest BCUT2D eigenvalue weighted by molar-refractivity contribution is 0.0959. The molecule has 0 aliphatic carbocycles. The molecule has 0 fully saturated rings. The number of hydrogen-bond acceptors (Lipinski definition) is 2. The minimum atomic E-state index is -0.0880. The fourth-order valence-electron chi connectivity index (χ4n) is 1.83. The summed E-state index contributed by atoms with van der Waals surface area (Å²) in [5.74, 6) is 5.83. The molecular formula is C17H18N2O. The van der Waals surface area contributed by atoms with Gasteiger partial charge in [0.15, 0.2) is 0 Å². The summed E-state index contributed by atoms with van der Waals surface area (Å²) in [4.78, 5) is 14.0. The van der Waals surface area contributed by atoms with E-state index in [4.69, 9.17) is 0 Å². The first-order valence-corrected chi connectivity index (χ1v) is 6.54. The van der Waals surface area contributed by atoms with Crippen LogP contribution < -0.4 is 5.32 Å². The summed E-state index contributed by atoms with van der Waals surface area (Å²) in [5, 5.41) is 5.01. The lowest BCUT2D eigenvalue weighted by Gasteiger charge is -2.04. The van der Waals surface area contributed by atoms with Crippen molar-refractivity contribution < 1.29 is 4.79 Å². The van der Waals surface area contributed by atoms with Gasteiger partial charge in [-0.2, -0.15) is 0 Å². The average Bonchev–Trinajstić information content (AvgIpc) is 2.46. The van der Waals surface area contributed by atoms with E-state index in [0.717, 1.165) is 10.8 Å². The van der Waals surface area contributed by atoms with Gasteiger partial charge in [0.05, 0.1) is 13.1 Å². The number of nitrogens with one attached hydrogen (secondary N) is 1. The van der Waals surface area contributed by atoms with Crippen LogP contribution in [0.15, 0.2) is 42.5 Å². The van der Waals surface area contributed by atoms with E-state index < -0.39 is 0 Å². The number of rotatable bonds is 3. The molecule has 0 saturated heterocycles. The van der Waals surface area contributed by atoms with E-state index in [9.17, 15) is 4.79 Å². The molecule has 1 N–H and O–H groups in total. The Balaban J connectivity index is 1.98. The Labute approximate surface area is 119 Å². The summed E-state index contributed by atoms with van der Waals surface area (Å²) in [6.45, 7) is 1.07. The minimum Gasteiger partial charge on any atom is -0.341 e. The first-order chi connectivity index (χ1) is 9.66. The fraction of sp³-hybridized carbons (Fsp3) is 0.235. The number of carbonyl (C=O) groups is 1. The highest BCUT2D eigenvalue weighted by Gasteiger charge is 2.04. The predicted molar refractivity (Wildman–Crippen MR) is 82.6 cm³/mol. The molecule has 0 bridgehead atoms. The molecule has 3 nitrogen and oxygen atoms in total. The maximum atomic E-state index is 12.0. The molecule has 0 atom stereocenters. The van der Waals surface area contributed by atoms with E-state index in [1.165, 1.54) is 0 Å².